The topological polar surface area (TPSA) is 61.3 Å². The fraction of sp³-hybridized carbons (Fsp3) is 0.538. The maximum Gasteiger partial charge on any atom is 0.187 e. The number of halogens is 2. The predicted octanol–water partition coefficient (Wildman–Crippen LogP) is 3.75. The van der Waals surface area contributed by atoms with E-state index < -0.39 is 5.82 Å². The Morgan fingerprint density at radius 1 is 1.11 bits per heavy atom. The highest BCUT2D eigenvalue weighted by Gasteiger charge is 2.20. The predicted molar refractivity (Wildman–Crippen MR) is 72.4 cm³/mol. The largest absolute Gasteiger partial charge is 0.485 e. The minimum Gasteiger partial charge on any atom is -0.485 e. The van der Waals surface area contributed by atoms with Gasteiger partial charge in [0.1, 0.15) is 5.02 Å². The lowest BCUT2D eigenvalue weighted by Crippen LogP contribution is -2.17. The second-order valence-electron chi connectivity index (χ2n) is 4.74. The van der Waals surface area contributed by atoms with Crippen LogP contribution in [0, 0.1) is 5.82 Å². The van der Waals surface area contributed by atoms with E-state index in [0.717, 1.165) is 25.7 Å². The summed E-state index contributed by atoms with van der Waals surface area (Å²) in [4.78, 5) is 0. The average Bonchev–Trinajstić information content (AvgIpc) is 2.60. The molecule has 0 aliphatic heterocycles. The second-order valence-corrected chi connectivity index (χ2v) is 5.12. The van der Waals surface area contributed by atoms with Gasteiger partial charge in [-0.1, -0.05) is 24.4 Å². The first-order valence-corrected chi connectivity index (χ1v) is 6.67. The molecule has 0 amide bonds. The van der Waals surface area contributed by atoms with Gasteiger partial charge in [-0.3, -0.25) is 0 Å². The molecule has 0 bridgehead atoms. The molecule has 0 heterocycles. The number of hydrogen-bond donors (Lipinski definition) is 2. The number of anilines is 2. The average molecular weight is 273 g/mol. The summed E-state index contributed by atoms with van der Waals surface area (Å²) in [5.74, 6) is -0.612. The van der Waals surface area contributed by atoms with Gasteiger partial charge in [0, 0.05) is 0 Å². The van der Waals surface area contributed by atoms with Crippen molar-refractivity contribution in [2.24, 2.45) is 0 Å². The lowest BCUT2D eigenvalue weighted by molar-refractivity contribution is 0.177. The lowest BCUT2D eigenvalue weighted by atomic mass is 10.1. The fourth-order valence-corrected chi connectivity index (χ4v) is 2.44. The number of ether oxygens (including phenoxy) is 1. The van der Waals surface area contributed by atoms with Crippen LogP contribution in [-0.2, 0) is 0 Å². The zero-order valence-electron chi connectivity index (χ0n) is 10.2. The molecule has 1 aromatic rings. The van der Waals surface area contributed by atoms with Crippen LogP contribution in [0.15, 0.2) is 6.07 Å². The number of hydrogen-bond acceptors (Lipinski definition) is 3. The summed E-state index contributed by atoms with van der Waals surface area (Å²) < 4.78 is 19.7. The maximum absolute atomic E-state index is 14.0. The molecule has 1 aliphatic rings. The zero-order valence-corrected chi connectivity index (χ0v) is 11.0. The summed E-state index contributed by atoms with van der Waals surface area (Å²) in [6, 6.07) is 1.44. The van der Waals surface area contributed by atoms with Crippen molar-refractivity contribution < 1.29 is 9.13 Å². The van der Waals surface area contributed by atoms with Crippen molar-refractivity contribution in [2.75, 3.05) is 11.5 Å². The highest BCUT2D eigenvalue weighted by molar-refractivity contribution is 6.33. The molecule has 5 heteroatoms. The molecule has 0 atom stereocenters. The highest BCUT2D eigenvalue weighted by atomic mass is 35.5. The van der Waals surface area contributed by atoms with E-state index in [1.165, 1.54) is 18.9 Å². The van der Waals surface area contributed by atoms with Crippen LogP contribution in [0.3, 0.4) is 0 Å². The van der Waals surface area contributed by atoms with E-state index in [4.69, 9.17) is 27.8 Å². The summed E-state index contributed by atoms with van der Waals surface area (Å²) in [5, 5.41) is -0.118. The summed E-state index contributed by atoms with van der Waals surface area (Å²) in [5.41, 5.74) is 11.6. The first-order valence-electron chi connectivity index (χ1n) is 6.29. The molecule has 4 N–H and O–H groups in total. The first-order chi connectivity index (χ1) is 8.59. The van der Waals surface area contributed by atoms with Gasteiger partial charge in [-0.05, 0) is 31.7 Å². The first kappa shape index (κ1) is 13.3. The lowest BCUT2D eigenvalue weighted by Gasteiger charge is -2.19. The van der Waals surface area contributed by atoms with Gasteiger partial charge >= 0.3 is 0 Å². The Balaban J connectivity index is 2.20. The molecule has 100 valence electrons. The molecule has 1 aromatic carbocycles. The normalized spacial score (nSPS) is 17.4. The van der Waals surface area contributed by atoms with E-state index in [2.05, 4.69) is 0 Å². The van der Waals surface area contributed by atoms with E-state index in [1.807, 2.05) is 0 Å². The molecule has 1 saturated carbocycles. The SMILES string of the molecule is Nc1cc(N)c(OC2CCCCCC2)c(F)c1Cl. The Morgan fingerprint density at radius 2 is 1.72 bits per heavy atom. The Hall–Kier alpha value is -1.16. The van der Waals surface area contributed by atoms with E-state index in [-0.39, 0.29) is 28.3 Å². The van der Waals surface area contributed by atoms with E-state index in [0.29, 0.717) is 0 Å². The van der Waals surface area contributed by atoms with Crippen molar-refractivity contribution in [3.63, 3.8) is 0 Å². The van der Waals surface area contributed by atoms with Crippen LogP contribution < -0.4 is 16.2 Å². The van der Waals surface area contributed by atoms with Crippen LogP contribution in [0.5, 0.6) is 5.75 Å². The van der Waals surface area contributed by atoms with Crippen LogP contribution in [-0.4, -0.2) is 6.10 Å². The fourth-order valence-electron chi connectivity index (χ4n) is 2.30. The summed E-state index contributed by atoms with van der Waals surface area (Å²) >= 11 is 5.77. The summed E-state index contributed by atoms with van der Waals surface area (Å²) in [6.07, 6.45) is 6.51. The Bertz CT molecular complexity index is 431. The van der Waals surface area contributed by atoms with Crippen LogP contribution in [0.25, 0.3) is 0 Å². The van der Waals surface area contributed by atoms with Gasteiger partial charge in [0.2, 0.25) is 0 Å². The van der Waals surface area contributed by atoms with E-state index in [9.17, 15) is 4.39 Å². The van der Waals surface area contributed by atoms with Gasteiger partial charge in [0.15, 0.2) is 11.6 Å². The van der Waals surface area contributed by atoms with Crippen LogP contribution in [0.1, 0.15) is 38.5 Å². The molecule has 2 rings (SSSR count). The molecule has 18 heavy (non-hydrogen) atoms. The van der Waals surface area contributed by atoms with Gasteiger partial charge in [-0.15, -0.1) is 0 Å². The monoisotopic (exact) mass is 272 g/mol. The Morgan fingerprint density at radius 3 is 2.33 bits per heavy atom. The molecule has 0 radical (unpaired) electrons. The van der Waals surface area contributed by atoms with Crippen molar-refractivity contribution in [1.82, 2.24) is 0 Å². The van der Waals surface area contributed by atoms with Crippen molar-refractivity contribution in [3.05, 3.63) is 16.9 Å². The molecule has 1 aliphatic carbocycles. The van der Waals surface area contributed by atoms with Crippen LogP contribution in [0.2, 0.25) is 5.02 Å². The van der Waals surface area contributed by atoms with Gasteiger partial charge in [-0.25, -0.2) is 4.39 Å². The molecule has 3 nitrogen and oxygen atoms in total. The minimum absolute atomic E-state index is 0.0176. The number of nitrogens with two attached hydrogens (primary N) is 2. The Kier molecular flexibility index (Phi) is 4.17. The van der Waals surface area contributed by atoms with Crippen molar-refractivity contribution >= 4 is 23.0 Å². The third-order valence-corrected chi connectivity index (χ3v) is 3.69. The number of benzene rings is 1. The Labute approximate surface area is 111 Å². The molecular weight excluding hydrogens is 255 g/mol. The standard InChI is InChI=1S/C13H18ClFN2O/c14-11-9(16)7-10(17)13(12(11)15)18-8-5-3-1-2-4-6-8/h7-8H,1-6,16-17H2. The highest BCUT2D eigenvalue weighted by Crippen LogP contribution is 2.37. The molecular formula is C13H18ClFN2O. The van der Waals surface area contributed by atoms with Gasteiger partial charge in [0.05, 0.1) is 17.5 Å². The van der Waals surface area contributed by atoms with Crippen molar-refractivity contribution in [3.8, 4) is 5.75 Å². The second kappa shape index (κ2) is 5.65. The van der Waals surface area contributed by atoms with Gasteiger partial charge in [-0.2, -0.15) is 0 Å². The molecule has 0 aromatic heterocycles. The summed E-state index contributed by atoms with van der Waals surface area (Å²) in [6.45, 7) is 0. The third kappa shape index (κ3) is 2.80. The molecule has 1 fully saturated rings. The quantitative estimate of drug-likeness (QED) is 0.637. The zero-order chi connectivity index (χ0) is 13.1. The maximum atomic E-state index is 14.0. The van der Waals surface area contributed by atoms with Crippen LogP contribution in [0.4, 0.5) is 15.8 Å². The molecule has 0 spiro atoms. The van der Waals surface area contributed by atoms with E-state index in [1.54, 1.807) is 0 Å². The number of nitrogen functional groups attached to an aromatic ring is 2. The van der Waals surface area contributed by atoms with Crippen LogP contribution >= 0.6 is 11.6 Å². The van der Waals surface area contributed by atoms with Gasteiger partial charge < -0.3 is 16.2 Å². The number of rotatable bonds is 2. The third-order valence-electron chi connectivity index (χ3n) is 3.31. The molecule has 0 saturated heterocycles. The van der Waals surface area contributed by atoms with Gasteiger partial charge in [0.25, 0.3) is 0 Å². The van der Waals surface area contributed by atoms with Crippen molar-refractivity contribution in [2.45, 2.75) is 44.6 Å². The summed E-state index contributed by atoms with van der Waals surface area (Å²) in [7, 11) is 0. The van der Waals surface area contributed by atoms with E-state index >= 15 is 0 Å². The molecule has 0 unspecified atom stereocenters. The smallest absolute Gasteiger partial charge is 0.187 e. The minimum atomic E-state index is -0.654. The van der Waals surface area contributed by atoms with Crippen molar-refractivity contribution in [1.29, 1.82) is 0 Å².